The normalized spacial score (nSPS) is 16.6. The van der Waals surface area contributed by atoms with Crippen molar-refractivity contribution in [1.82, 2.24) is 24.8 Å². The van der Waals surface area contributed by atoms with Gasteiger partial charge in [0.15, 0.2) is 5.69 Å². The van der Waals surface area contributed by atoms with Gasteiger partial charge in [-0.3, -0.25) is 4.79 Å². The number of rotatable bonds is 3. The summed E-state index contributed by atoms with van der Waals surface area (Å²) in [5, 5.41) is 15.7. The van der Waals surface area contributed by atoms with Crippen molar-refractivity contribution in [3.8, 4) is 0 Å². The van der Waals surface area contributed by atoms with Gasteiger partial charge in [0.25, 0.3) is 5.91 Å². The second-order valence-corrected chi connectivity index (χ2v) is 8.40. The fourth-order valence-corrected chi connectivity index (χ4v) is 3.69. The molecule has 1 unspecified atom stereocenters. The highest BCUT2D eigenvalue weighted by atomic mass is 16.2. The van der Waals surface area contributed by atoms with Gasteiger partial charge in [0.1, 0.15) is 5.82 Å². The van der Waals surface area contributed by atoms with Crippen molar-refractivity contribution in [2.45, 2.75) is 58.5 Å². The Balaban J connectivity index is 1.63. The number of amides is 1. The van der Waals surface area contributed by atoms with Crippen LogP contribution in [0.5, 0.6) is 0 Å². The minimum Gasteiger partial charge on any atom is -0.305 e. The van der Waals surface area contributed by atoms with E-state index in [0.717, 1.165) is 30.6 Å². The fourth-order valence-electron chi connectivity index (χ4n) is 3.69. The molecule has 2 aromatic heterocycles. The number of hydrogen-bond donors (Lipinski definition) is 1. The molecule has 4 rings (SSSR count). The van der Waals surface area contributed by atoms with E-state index < -0.39 is 0 Å². The number of anilines is 1. The molecule has 0 saturated heterocycles. The van der Waals surface area contributed by atoms with E-state index in [9.17, 15) is 4.79 Å². The number of nitrogens with zero attached hydrogens (tertiary/aromatic N) is 5. The maximum atomic E-state index is 12.8. The van der Waals surface area contributed by atoms with Gasteiger partial charge in [-0.15, -0.1) is 5.10 Å². The molecule has 0 fully saturated rings. The molecule has 7 heteroatoms. The van der Waals surface area contributed by atoms with Crippen molar-refractivity contribution in [3.05, 3.63) is 59.0 Å². The van der Waals surface area contributed by atoms with Crippen LogP contribution in [-0.2, 0) is 12.0 Å². The Morgan fingerprint density at radius 1 is 1.25 bits per heavy atom. The summed E-state index contributed by atoms with van der Waals surface area (Å²) in [6, 6.07) is 8.62. The second kappa shape index (κ2) is 6.89. The number of carbonyl (C=O) groups is 1. The van der Waals surface area contributed by atoms with Gasteiger partial charge in [0.05, 0.1) is 24.0 Å². The predicted octanol–water partition coefficient (Wildman–Crippen LogP) is 3.72. The zero-order valence-electron chi connectivity index (χ0n) is 16.8. The molecule has 1 aliphatic carbocycles. The van der Waals surface area contributed by atoms with E-state index in [-0.39, 0.29) is 17.5 Å². The molecular weight excluding hydrogens is 352 g/mol. The summed E-state index contributed by atoms with van der Waals surface area (Å²) in [7, 11) is 0. The third-order valence-electron chi connectivity index (χ3n) is 5.26. The number of carbonyl (C=O) groups excluding carboxylic acids is 1. The average Bonchev–Trinajstić information content (AvgIpc) is 3.29. The van der Waals surface area contributed by atoms with Crippen molar-refractivity contribution in [2.24, 2.45) is 0 Å². The van der Waals surface area contributed by atoms with Crippen LogP contribution in [0.3, 0.4) is 0 Å². The fraction of sp³-hybridized carbons (Fsp3) is 0.429. The van der Waals surface area contributed by atoms with Gasteiger partial charge >= 0.3 is 0 Å². The summed E-state index contributed by atoms with van der Waals surface area (Å²) in [5.41, 5.74) is 3.64. The summed E-state index contributed by atoms with van der Waals surface area (Å²) in [4.78, 5) is 12.8. The topological polar surface area (TPSA) is 77.6 Å². The van der Waals surface area contributed by atoms with E-state index in [4.69, 9.17) is 0 Å². The molecule has 0 radical (unpaired) electrons. The van der Waals surface area contributed by atoms with E-state index in [1.807, 2.05) is 32.4 Å². The minimum absolute atomic E-state index is 0.124. The third kappa shape index (κ3) is 3.32. The molecule has 28 heavy (non-hydrogen) atoms. The van der Waals surface area contributed by atoms with Crippen molar-refractivity contribution in [3.63, 3.8) is 0 Å². The Bertz CT molecular complexity index is 1010. The standard InChI is InChI=1S/C21H26N6O/c1-14-12-22-27(18-11-7-9-15-8-5-6-10-16(15)18)19(14)23-20(28)17-13-26(25-24-17)21(2,3)4/h5-6,8,10,12-13,18H,7,9,11H2,1-4H3,(H,23,28). The zero-order chi connectivity index (χ0) is 19.9. The van der Waals surface area contributed by atoms with Crippen LogP contribution in [0.15, 0.2) is 36.7 Å². The summed E-state index contributed by atoms with van der Waals surface area (Å²) in [5.74, 6) is 0.446. The highest BCUT2D eigenvalue weighted by Gasteiger charge is 2.26. The summed E-state index contributed by atoms with van der Waals surface area (Å²) < 4.78 is 3.64. The van der Waals surface area contributed by atoms with E-state index in [2.05, 4.69) is 45.0 Å². The molecule has 3 aromatic rings. The molecule has 1 aromatic carbocycles. The lowest BCUT2D eigenvalue weighted by atomic mass is 9.88. The van der Waals surface area contributed by atoms with Gasteiger partial charge in [-0.2, -0.15) is 5.10 Å². The van der Waals surface area contributed by atoms with Gasteiger partial charge in [-0.05, 0) is 58.1 Å². The minimum atomic E-state index is -0.274. The van der Waals surface area contributed by atoms with Crippen molar-refractivity contribution >= 4 is 11.7 Å². The first-order valence-corrected chi connectivity index (χ1v) is 9.70. The monoisotopic (exact) mass is 378 g/mol. The van der Waals surface area contributed by atoms with Crippen LogP contribution in [0, 0.1) is 6.92 Å². The summed E-state index contributed by atoms with van der Waals surface area (Å²) in [6.07, 6.45) is 6.68. The first kappa shape index (κ1) is 18.4. The molecule has 2 heterocycles. The van der Waals surface area contributed by atoms with Gasteiger partial charge < -0.3 is 5.32 Å². The molecule has 1 atom stereocenters. The molecule has 0 saturated carbocycles. The molecule has 7 nitrogen and oxygen atoms in total. The van der Waals surface area contributed by atoms with Crippen LogP contribution < -0.4 is 5.32 Å². The Morgan fingerprint density at radius 3 is 2.79 bits per heavy atom. The SMILES string of the molecule is Cc1cnn(C2CCCc3ccccc32)c1NC(=O)c1cn(C(C)(C)C)nn1. The molecule has 0 bridgehead atoms. The Hall–Kier alpha value is -2.96. The molecule has 0 aliphatic heterocycles. The largest absolute Gasteiger partial charge is 0.305 e. The lowest BCUT2D eigenvalue weighted by Gasteiger charge is -2.27. The van der Waals surface area contributed by atoms with Crippen LogP contribution in [0.4, 0.5) is 5.82 Å². The maximum Gasteiger partial charge on any atom is 0.278 e. The number of aryl methyl sites for hydroxylation is 2. The molecule has 146 valence electrons. The van der Waals surface area contributed by atoms with Gasteiger partial charge in [0.2, 0.25) is 0 Å². The van der Waals surface area contributed by atoms with Gasteiger partial charge in [0, 0.05) is 5.56 Å². The number of hydrogen-bond acceptors (Lipinski definition) is 4. The molecular formula is C21H26N6O. The first-order valence-electron chi connectivity index (χ1n) is 9.70. The van der Waals surface area contributed by atoms with Crippen molar-refractivity contribution in [1.29, 1.82) is 0 Å². The van der Waals surface area contributed by atoms with Gasteiger partial charge in [-0.1, -0.05) is 29.5 Å². The molecule has 1 aliphatic rings. The number of benzene rings is 1. The van der Waals surface area contributed by atoms with Crippen LogP contribution in [0.1, 0.15) is 66.8 Å². The quantitative estimate of drug-likeness (QED) is 0.753. The lowest BCUT2D eigenvalue weighted by molar-refractivity contribution is 0.102. The van der Waals surface area contributed by atoms with Crippen molar-refractivity contribution in [2.75, 3.05) is 5.32 Å². The zero-order valence-corrected chi connectivity index (χ0v) is 16.8. The van der Waals surface area contributed by atoms with Crippen molar-refractivity contribution < 1.29 is 4.79 Å². The van der Waals surface area contributed by atoms with E-state index in [1.165, 1.54) is 11.1 Å². The first-order chi connectivity index (χ1) is 13.3. The van der Waals surface area contributed by atoms with Crippen LogP contribution in [0.2, 0.25) is 0 Å². The predicted molar refractivity (Wildman–Crippen MR) is 107 cm³/mol. The van der Waals surface area contributed by atoms with E-state index in [0.29, 0.717) is 5.69 Å². The van der Waals surface area contributed by atoms with Crippen LogP contribution >= 0.6 is 0 Å². The smallest absolute Gasteiger partial charge is 0.278 e. The van der Waals surface area contributed by atoms with Gasteiger partial charge in [-0.25, -0.2) is 9.36 Å². The highest BCUT2D eigenvalue weighted by Crippen LogP contribution is 2.35. The average molecular weight is 378 g/mol. The maximum absolute atomic E-state index is 12.8. The highest BCUT2D eigenvalue weighted by molar-refractivity contribution is 6.02. The lowest BCUT2D eigenvalue weighted by Crippen LogP contribution is -2.23. The number of fused-ring (bicyclic) bond motifs is 1. The summed E-state index contributed by atoms with van der Waals surface area (Å²) >= 11 is 0. The molecule has 1 amide bonds. The third-order valence-corrected chi connectivity index (χ3v) is 5.26. The molecule has 0 spiro atoms. The number of nitrogens with one attached hydrogen (secondary N) is 1. The number of aromatic nitrogens is 5. The molecule has 1 N–H and O–H groups in total. The van der Waals surface area contributed by atoms with Crippen LogP contribution in [0.25, 0.3) is 0 Å². The Labute approximate surface area is 164 Å². The van der Waals surface area contributed by atoms with Crippen LogP contribution in [-0.4, -0.2) is 30.7 Å². The van der Waals surface area contributed by atoms with E-state index in [1.54, 1.807) is 17.1 Å². The van der Waals surface area contributed by atoms with E-state index >= 15 is 0 Å². The Morgan fingerprint density at radius 2 is 2.04 bits per heavy atom. The summed E-state index contributed by atoms with van der Waals surface area (Å²) in [6.45, 7) is 8.01. The Kier molecular flexibility index (Phi) is 4.53. The second-order valence-electron chi connectivity index (χ2n) is 8.40.